The minimum atomic E-state index is 0.740. The molecule has 0 saturated heterocycles. The van der Waals surface area contributed by atoms with Crippen LogP contribution in [0.2, 0.25) is 0 Å². The molecular weight excluding hydrogens is 176 g/mol. The van der Waals surface area contributed by atoms with Gasteiger partial charge in [0.1, 0.15) is 0 Å². The van der Waals surface area contributed by atoms with E-state index in [-0.39, 0.29) is 0 Å². The molecule has 4 heteroatoms. The predicted octanol–water partition coefficient (Wildman–Crippen LogP) is 1.55. The van der Waals surface area contributed by atoms with E-state index in [1.807, 2.05) is 27.0 Å². The van der Waals surface area contributed by atoms with Crippen molar-refractivity contribution in [1.29, 1.82) is 5.41 Å². The van der Waals surface area contributed by atoms with E-state index in [9.17, 15) is 0 Å². The van der Waals surface area contributed by atoms with Crippen molar-refractivity contribution in [3.05, 3.63) is 0 Å². The minimum absolute atomic E-state index is 0.740. The van der Waals surface area contributed by atoms with Crippen LogP contribution in [0.5, 0.6) is 0 Å². The lowest BCUT2D eigenvalue weighted by molar-refractivity contribution is 0.434. The SMILES string of the molecule is CCCN=C=N.CCN(C)C.CNC. The summed E-state index contributed by atoms with van der Waals surface area (Å²) in [5.41, 5.74) is 0. The Morgan fingerprint density at radius 1 is 1.29 bits per heavy atom. The quantitative estimate of drug-likeness (QED) is 0.682. The summed E-state index contributed by atoms with van der Waals surface area (Å²) in [6.07, 6.45) is 1.01. The smallest absolute Gasteiger partial charge is 0.0861 e. The average molecular weight is 202 g/mol. The van der Waals surface area contributed by atoms with Crippen LogP contribution in [0, 0.1) is 5.41 Å². The van der Waals surface area contributed by atoms with Crippen molar-refractivity contribution in [2.24, 2.45) is 4.99 Å². The van der Waals surface area contributed by atoms with Crippen LogP contribution in [-0.2, 0) is 0 Å². The van der Waals surface area contributed by atoms with Gasteiger partial charge in [-0.15, -0.1) is 0 Å². The summed E-state index contributed by atoms with van der Waals surface area (Å²) < 4.78 is 0. The lowest BCUT2D eigenvalue weighted by atomic mass is 10.5. The maximum Gasteiger partial charge on any atom is 0.0861 e. The number of nitrogens with one attached hydrogen (secondary N) is 2. The van der Waals surface area contributed by atoms with Gasteiger partial charge in [-0.25, -0.2) is 10.4 Å². The first kappa shape index (κ1) is 19.0. The molecule has 0 rings (SSSR count). The molecule has 86 valence electrons. The van der Waals surface area contributed by atoms with Gasteiger partial charge in [0.15, 0.2) is 0 Å². The van der Waals surface area contributed by atoms with Crippen molar-refractivity contribution in [2.75, 3.05) is 41.3 Å². The third kappa shape index (κ3) is 64.8. The Labute approximate surface area is 88.9 Å². The van der Waals surface area contributed by atoms with E-state index in [1.165, 1.54) is 0 Å². The molecule has 0 fully saturated rings. The van der Waals surface area contributed by atoms with Crippen LogP contribution in [0.4, 0.5) is 0 Å². The number of rotatable bonds is 3. The van der Waals surface area contributed by atoms with E-state index >= 15 is 0 Å². The summed E-state index contributed by atoms with van der Waals surface area (Å²) in [6.45, 7) is 6.02. The summed E-state index contributed by atoms with van der Waals surface area (Å²) >= 11 is 0. The van der Waals surface area contributed by atoms with Gasteiger partial charge < -0.3 is 10.2 Å². The van der Waals surface area contributed by atoms with Crippen LogP contribution in [-0.4, -0.2) is 52.2 Å². The Morgan fingerprint density at radius 2 is 1.64 bits per heavy atom. The summed E-state index contributed by atoms with van der Waals surface area (Å²) in [5, 5.41) is 9.04. The van der Waals surface area contributed by atoms with Gasteiger partial charge in [0.25, 0.3) is 0 Å². The second-order valence-corrected chi connectivity index (χ2v) is 2.89. The average Bonchev–Trinajstić information content (AvgIpc) is 2.17. The highest BCUT2D eigenvalue weighted by molar-refractivity contribution is 5.35. The maximum atomic E-state index is 6.29. The lowest BCUT2D eigenvalue weighted by Crippen LogP contribution is -2.08. The fourth-order valence-electron chi connectivity index (χ4n) is 0.168. The zero-order valence-electron chi connectivity index (χ0n) is 10.5. The summed E-state index contributed by atoms with van der Waals surface area (Å²) in [4.78, 5) is 5.63. The van der Waals surface area contributed by atoms with Gasteiger partial charge in [0.05, 0.1) is 6.01 Å². The maximum absolute atomic E-state index is 6.29. The summed E-state index contributed by atoms with van der Waals surface area (Å²) in [7, 11) is 7.86. The zero-order chi connectivity index (χ0) is 11.8. The highest BCUT2D eigenvalue weighted by Crippen LogP contribution is 1.71. The third-order valence-electron chi connectivity index (χ3n) is 1.05. The number of nitrogens with zero attached hydrogens (tertiary/aromatic N) is 2. The van der Waals surface area contributed by atoms with Crippen LogP contribution < -0.4 is 5.32 Å². The summed E-state index contributed by atoms with van der Waals surface area (Å²) in [5.74, 6) is 0. The molecule has 0 heterocycles. The molecule has 0 amide bonds. The molecule has 4 nitrogen and oxygen atoms in total. The second kappa shape index (κ2) is 22.8. The van der Waals surface area contributed by atoms with Gasteiger partial charge in [0.2, 0.25) is 0 Å². The molecule has 0 saturated carbocycles. The normalized spacial score (nSPS) is 7.64. The van der Waals surface area contributed by atoms with Gasteiger partial charge in [-0.05, 0) is 41.2 Å². The molecular formula is C10H26N4. The first-order chi connectivity index (χ1) is 6.60. The largest absolute Gasteiger partial charge is 0.323 e. The Bertz CT molecular complexity index is 117. The second-order valence-electron chi connectivity index (χ2n) is 2.89. The van der Waals surface area contributed by atoms with Crippen LogP contribution >= 0.6 is 0 Å². The third-order valence-corrected chi connectivity index (χ3v) is 1.05. The van der Waals surface area contributed by atoms with Crippen LogP contribution in [0.25, 0.3) is 0 Å². The molecule has 0 bridgehead atoms. The van der Waals surface area contributed by atoms with Crippen molar-refractivity contribution in [3.8, 4) is 0 Å². The molecule has 0 aliphatic rings. The zero-order valence-corrected chi connectivity index (χ0v) is 10.5. The van der Waals surface area contributed by atoms with Crippen LogP contribution in [0.15, 0.2) is 4.99 Å². The van der Waals surface area contributed by atoms with Gasteiger partial charge >= 0.3 is 0 Å². The topological polar surface area (TPSA) is 51.5 Å². The molecule has 0 aromatic rings. The Balaban J connectivity index is -0.000000138. The fraction of sp³-hybridized carbons (Fsp3) is 0.900. The minimum Gasteiger partial charge on any atom is -0.323 e. The lowest BCUT2D eigenvalue weighted by Gasteiger charge is -2.00. The van der Waals surface area contributed by atoms with Crippen molar-refractivity contribution < 1.29 is 0 Å². The highest BCUT2D eigenvalue weighted by atomic mass is 15.0. The Kier molecular flexibility index (Phi) is 30.9. The Morgan fingerprint density at radius 3 is 1.71 bits per heavy atom. The molecule has 0 aliphatic heterocycles. The van der Waals surface area contributed by atoms with Gasteiger partial charge in [-0.3, -0.25) is 0 Å². The van der Waals surface area contributed by atoms with E-state index in [0.717, 1.165) is 19.5 Å². The van der Waals surface area contributed by atoms with Crippen LogP contribution in [0.3, 0.4) is 0 Å². The number of hydrogen-bond donors (Lipinski definition) is 2. The molecule has 0 spiro atoms. The van der Waals surface area contributed by atoms with E-state index < -0.39 is 0 Å². The predicted molar refractivity (Wildman–Crippen MR) is 64.5 cm³/mol. The first-order valence-corrected chi connectivity index (χ1v) is 4.91. The molecule has 2 N–H and O–H groups in total. The van der Waals surface area contributed by atoms with E-state index in [1.54, 1.807) is 0 Å². The van der Waals surface area contributed by atoms with Crippen molar-refractivity contribution in [1.82, 2.24) is 10.2 Å². The monoisotopic (exact) mass is 202 g/mol. The van der Waals surface area contributed by atoms with E-state index in [4.69, 9.17) is 5.41 Å². The molecule has 0 radical (unpaired) electrons. The highest BCUT2D eigenvalue weighted by Gasteiger charge is 1.72. The van der Waals surface area contributed by atoms with Gasteiger partial charge in [-0.1, -0.05) is 13.8 Å². The summed E-state index contributed by atoms with van der Waals surface area (Å²) in [6, 6.07) is 1.94. The standard InChI is InChI=1S/C4H8N2.C4H11N.C2H7N/c1-2-3-6-4-5;1-4-5(2)3;1-3-2/h5H,2-3H2,1H3;4H2,1-3H3;3H,1-2H3. The molecule has 0 aromatic heterocycles. The van der Waals surface area contributed by atoms with Crippen molar-refractivity contribution in [3.63, 3.8) is 0 Å². The van der Waals surface area contributed by atoms with Gasteiger partial charge in [0, 0.05) is 6.54 Å². The van der Waals surface area contributed by atoms with Crippen LogP contribution in [0.1, 0.15) is 20.3 Å². The number of hydrogen-bond acceptors (Lipinski definition) is 4. The molecule has 0 aromatic carbocycles. The first-order valence-electron chi connectivity index (χ1n) is 4.91. The molecule has 0 aliphatic carbocycles. The van der Waals surface area contributed by atoms with Crippen molar-refractivity contribution >= 4 is 6.01 Å². The van der Waals surface area contributed by atoms with E-state index in [2.05, 4.69) is 36.2 Å². The van der Waals surface area contributed by atoms with E-state index in [0.29, 0.717) is 0 Å². The van der Waals surface area contributed by atoms with Crippen molar-refractivity contribution in [2.45, 2.75) is 20.3 Å². The molecule has 0 unspecified atom stereocenters. The molecule has 14 heavy (non-hydrogen) atoms. The molecule has 0 atom stereocenters. The Hall–Kier alpha value is -0.700. The van der Waals surface area contributed by atoms with Gasteiger partial charge in [-0.2, -0.15) is 0 Å². The number of aliphatic imine (C=N–C) groups is 1. The fourth-order valence-corrected chi connectivity index (χ4v) is 0.168.